The second-order valence-electron chi connectivity index (χ2n) is 12.5. The van der Waals surface area contributed by atoms with Crippen LogP contribution in [-0.2, 0) is 10.9 Å². The van der Waals surface area contributed by atoms with Crippen molar-refractivity contribution < 1.29 is 27.2 Å². The van der Waals surface area contributed by atoms with Crippen molar-refractivity contribution in [3.8, 4) is 17.0 Å². The predicted octanol–water partition coefficient (Wildman–Crippen LogP) is 7.28. The summed E-state index contributed by atoms with van der Waals surface area (Å²) in [5.74, 6) is 2.11. The largest absolute Gasteiger partial charge is 0.487 e. The Balaban J connectivity index is 0.961. The number of hydrogen-bond donors (Lipinski definition) is 0. The Morgan fingerprint density at radius 1 is 1.02 bits per heavy atom. The van der Waals surface area contributed by atoms with Crippen molar-refractivity contribution in [2.45, 2.75) is 50.3 Å². The van der Waals surface area contributed by atoms with Crippen molar-refractivity contribution in [3.05, 3.63) is 71.9 Å². The molecule has 5 heterocycles. The Morgan fingerprint density at radius 3 is 2.65 bits per heavy atom. The lowest BCUT2D eigenvalue weighted by molar-refractivity contribution is -0.140. The van der Waals surface area contributed by atoms with Crippen LogP contribution in [0.25, 0.3) is 28.2 Å². The molecule has 10 heteroatoms. The van der Waals surface area contributed by atoms with Gasteiger partial charge in [0.15, 0.2) is 5.69 Å². The first-order valence-electron chi connectivity index (χ1n) is 14.9. The summed E-state index contributed by atoms with van der Waals surface area (Å²) in [4.78, 5) is 10.5. The summed E-state index contributed by atoms with van der Waals surface area (Å²) in [6.07, 6.45) is 7.44. The first-order chi connectivity index (χ1) is 20.9. The van der Waals surface area contributed by atoms with Crippen molar-refractivity contribution in [3.63, 3.8) is 0 Å². The van der Waals surface area contributed by atoms with E-state index in [4.69, 9.17) is 14.0 Å². The van der Waals surface area contributed by atoms with E-state index < -0.39 is 11.9 Å². The van der Waals surface area contributed by atoms with Gasteiger partial charge in [-0.1, -0.05) is 17.3 Å². The van der Waals surface area contributed by atoms with Gasteiger partial charge in [-0.05, 0) is 68.0 Å². The average Bonchev–Trinajstić information content (AvgIpc) is 3.50. The monoisotopic (exact) mass is 588 g/mol. The van der Waals surface area contributed by atoms with Crippen LogP contribution in [0.5, 0.6) is 5.75 Å². The van der Waals surface area contributed by atoms with E-state index in [0.717, 1.165) is 80.3 Å². The summed E-state index contributed by atoms with van der Waals surface area (Å²) in [7, 11) is 0. The number of halogens is 3. The standard InChI is InChI=1S/C33H31F3N4O3/c34-33(35,36)31-25(2-1-11-38-31)29-24(30(43-39-29)21-4-5-21)7-3-20-15-32(16-20)18-40(19-32)22-6-8-27-26(14-22)28(9-12-37-27)42-23-10-13-41-17-23/h1-3,6-9,11-12,14,20-21,23H,4-5,10,13,15-19H2/b7-3+/t23-/m1/s1. The molecule has 8 rings (SSSR count). The molecular weight excluding hydrogens is 557 g/mol. The highest BCUT2D eigenvalue weighted by atomic mass is 19.4. The summed E-state index contributed by atoms with van der Waals surface area (Å²) in [5.41, 5.74) is 2.24. The molecule has 0 unspecified atom stereocenters. The topological polar surface area (TPSA) is 73.5 Å². The zero-order chi connectivity index (χ0) is 29.2. The molecule has 4 aliphatic rings. The molecule has 2 saturated carbocycles. The summed E-state index contributed by atoms with van der Waals surface area (Å²) in [5, 5.41) is 5.12. The van der Waals surface area contributed by atoms with Crippen LogP contribution >= 0.6 is 0 Å². The molecule has 0 N–H and O–H groups in total. The molecule has 0 amide bonds. The SMILES string of the molecule is FC(F)(F)c1ncccc1-c1noc(C2CC2)c1/C=C/C1CC2(C1)CN(c1ccc3nccc(O[C@@H]4CCOC4)c3c1)C2. The number of hydrogen-bond acceptors (Lipinski definition) is 7. The molecule has 4 fully saturated rings. The Labute approximate surface area is 246 Å². The maximum Gasteiger partial charge on any atom is 0.434 e. The number of fused-ring (bicyclic) bond motifs is 1. The first kappa shape index (κ1) is 26.7. The van der Waals surface area contributed by atoms with Crippen LogP contribution in [0.1, 0.15) is 55.0 Å². The average molecular weight is 589 g/mol. The highest BCUT2D eigenvalue weighted by Gasteiger charge is 2.51. The van der Waals surface area contributed by atoms with E-state index in [1.807, 2.05) is 12.1 Å². The molecular formula is C33H31F3N4O3. The van der Waals surface area contributed by atoms with Gasteiger partial charge in [0, 0.05) is 65.4 Å². The van der Waals surface area contributed by atoms with Crippen molar-refractivity contribution in [2.24, 2.45) is 11.3 Å². The minimum Gasteiger partial charge on any atom is -0.487 e. The number of anilines is 1. The van der Waals surface area contributed by atoms with Crippen LogP contribution in [0.3, 0.4) is 0 Å². The zero-order valence-corrected chi connectivity index (χ0v) is 23.5. The smallest absolute Gasteiger partial charge is 0.434 e. The van der Waals surface area contributed by atoms with Gasteiger partial charge in [-0.15, -0.1) is 0 Å². The maximum absolute atomic E-state index is 13.7. The predicted molar refractivity (Wildman–Crippen MR) is 155 cm³/mol. The van der Waals surface area contributed by atoms with Crippen molar-refractivity contribution in [2.75, 3.05) is 31.2 Å². The number of pyridine rings is 2. The fraction of sp³-hybridized carbons (Fsp3) is 0.424. The molecule has 1 atom stereocenters. The van der Waals surface area contributed by atoms with Gasteiger partial charge >= 0.3 is 6.18 Å². The Hall–Kier alpha value is -3.92. The summed E-state index contributed by atoms with van der Waals surface area (Å²) < 4.78 is 58.5. The molecule has 3 aromatic heterocycles. The number of allylic oxidation sites excluding steroid dienone is 1. The zero-order valence-electron chi connectivity index (χ0n) is 23.5. The Kier molecular flexibility index (Phi) is 6.25. The molecule has 222 valence electrons. The second kappa shape index (κ2) is 10.1. The lowest BCUT2D eigenvalue weighted by Gasteiger charge is -2.59. The van der Waals surface area contributed by atoms with Gasteiger partial charge in [-0.25, -0.2) is 0 Å². The van der Waals surface area contributed by atoms with E-state index in [-0.39, 0.29) is 28.7 Å². The van der Waals surface area contributed by atoms with Gasteiger partial charge in [0.1, 0.15) is 23.3 Å². The van der Waals surface area contributed by atoms with E-state index in [0.29, 0.717) is 23.8 Å². The minimum absolute atomic E-state index is 0.0410. The van der Waals surface area contributed by atoms with Crippen LogP contribution in [0.15, 0.2) is 59.4 Å². The minimum atomic E-state index is -4.58. The molecule has 1 aromatic carbocycles. The molecule has 0 radical (unpaired) electrons. The highest BCUT2D eigenvalue weighted by molar-refractivity contribution is 5.88. The number of benzene rings is 1. The third-order valence-corrected chi connectivity index (χ3v) is 9.25. The number of nitrogens with zero attached hydrogens (tertiary/aromatic N) is 4. The number of rotatable bonds is 7. The molecule has 7 nitrogen and oxygen atoms in total. The fourth-order valence-electron chi connectivity index (χ4n) is 6.95. The lowest BCUT2D eigenvalue weighted by Crippen LogP contribution is -2.62. The number of aromatic nitrogens is 3. The van der Waals surface area contributed by atoms with E-state index >= 15 is 0 Å². The van der Waals surface area contributed by atoms with Gasteiger partial charge < -0.3 is 18.9 Å². The summed E-state index contributed by atoms with van der Waals surface area (Å²) >= 11 is 0. The Bertz CT molecular complexity index is 1690. The summed E-state index contributed by atoms with van der Waals surface area (Å²) in [6, 6.07) is 11.2. The molecule has 2 aliphatic heterocycles. The third kappa shape index (κ3) is 4.95. The highest BCUT2D eigenvalue weighted by Crippen LogP contribution is 2.54. The van der Waals surface area contributed by atoms with Crippen LogP contribution in [-0.4, -0.2) is 47.5 Å². The normalized spacial score (nSPS) is 21.9. The molecule has 2 aliphatic carbocycles. The number of alkyl halides is 3. The first-order valence-corrected chi connectivity index (χ1v) is 14.9. The van der Waals surface area contributed by atoms with E-state index in [2.05, 4.69) is 44.3 Å². The van der Waals surface area contributed by atoms with Gasteiger partial charge in [-0.2, -0.15) is 13.2 Å². The van der Waals surface area contributed by atoms with Gasteiger partial charge in [0.25, 0.3) is 0 Å². The van der Waals surface area contributed by atoms with Crippen molar-refractivity contribution >= 4 is 22.7 Å². The lowest BCUT2D eigenvalue weighted by atomic mass is 9.57. The van der Waals surface area contributed by atoms with Crippen molar-refractivity contribution in [1.29, 1.82) is 0 Å². The van der Waals surface area contributed by atoms with Crippen molar-refractivity contribution in [1.82, 2.24) is 15.1 Å². The second-order valence-corrected chi connectivity index (χ2v) is 12.5. The summed E-state index contributed by atoms with van der Waals surface area (Å²) in [6.45, 7) is 3.31. The third-order valence-electron chi connectivity index (χ3n) is 9.25. The Morgan fingerprint density at radius 2 is 1.88 bits per heavy atom. The molecule has 4 aromatic rings. The van der Waals surface area contributed by atoms with E-state index in [1.165, 1.54) is 12.1 Å². The molecule has 43 heavy (non-hydrogen) atoms. The van der Waals surface area contributed by atoms with E-state index in [9.17, 15) is 13.2 Å². The van der Waals surface area contributed by atoms with Crippen LogP contribution in [0.2, 0.25) is 0 Å². The van der Waals surface area contributed by atoms with Crippen LogP contribution < -0.4 is 9.64 Å². The quantitative estimate of drug-likeness (QED) is 0.225. The fourth-order valence-corrected chi connectivity index (χ4v) is 6.95. The van der Waals surface area contributed by atoms with Gasteiger partial charge in [-0.3, -0.25) is 9.97 Å². The molecule has 1 spiro atoms. The van der Waals surface area contributed by atoms with Crippen LogP contribution in [0, 0.1) is 11.3 Å². The van der Waals surface area contributed by atoms with Crippen LogP contribution in [0.4, 0.5) is 18.9 Å². The number of ether oxygens (including phenoxy) is 2. The van der Waals surface area contributed by atoms with Gasteiger partial charge in [0.05, 0.1) is 18.7 Å². The maximum atomic E-state index is 13.7. The van der Waals surface area contributed by atoms with Gasteiger partial charge in [0.2, 0.25) is 0 Å². The molecule has 2 saturated heterocycles. The molecule has 0 bridgehead atoms. The van der Waals surface area contributed by atoms with E-state index in [1.54, 1.807) is 6.20 Å².